The molecule has 1 amide bonds. The van der Waals surface area contributed by atoms with Crippen molar-refractivity contribution in [2.45, 2.75) is 13.8 Å². The summed E-state index contributed by atoms with van der Waals surface area (Å²) in [5, 5.41) is 2.48. The Hall–Kier alpha value is -1.75. The smallest absolute Gasteiger partial charge is 0.325 e. The van der Waals surface area contributed by atoms with Crippen LogP contribution in [0.1, 0.15) is 22.8 Å². The Bertz CT molecular complexity index is 435. The van der Waals surface area contributed by atoms with Crippen LogP contribution in [-0.4, -0.2) is 25.0 Å². The summed E-state index contributed by atoms with van der Waals surface area (Å²) in [5.41, 5.74) is 7.38. The van der Waals surface area contributed by atoms with Crippen LogP contribution in [-0.2, 0) is 9.53 Å². The van der Waals surface area contributed by atoms with Crippen molar-refractivity contribution in [1.82, 2.24) is 5.32 Å². The van der Waals surface area contributed by atoms with Crippen molar-refractivity contribution >= 4 is 30.0 Å². The molecule has 18 heavy (non-hydrogen) atoms. The fourth-order valence-corrected chi connectivity index (χ4v) is 1.34. The van der Waals surface area contributed by atoms with Crippen LogP contribution >= 0.6 is 12.4 Å². The van der Waals surface area contributed by atoms with Crippen molar-refractivity contribution in [1.29, 1.82) is 0 Å². The Morgan fingerprint density at radius 1 is 1.39 bits per heavy atom. The van der Waals surface area contributed by atoms with Gasteiger partial charge in [-0.05, 0) is 31.5 Å². The summed E-state index contributed by atoms with van der Waals surface area (Å²) in [4.78, 5) is 22.8. The van der Waals surface area contributed by atoms with E-state index >= 15 is 0 Å². The molecule has 0 bridgehead atoms. The number of carbonyl (C=O) groups is 2. The van der Waals surface area contributed by atoms with Gasteiger partial charge in [-0.1, -0.05) is 6.07 Å². The molecule has 0 saturated carbocycles. The Morgan fingerprint density at radius 2 is 2.06 bits per heavy atom. The first-order chi connectivity index (χ1) is 8.04. The van der Waals surface area contributed by atoms with E-state index in [0.717, 1.165) is 5.56 Å². The second-order valence-corrected chi connectivity index (χ2v) is 3.56. The van der Waals surface area contributed by atoms with Gasteiger partial charge in [0, 0.05) is 11.3 Å². The number of aryl methyl sites for hydroxylation is 1. The Morgan fingerprint density at radius 3 is 2.67 bits per heavy atom. The van der Waals surface area contributed by atoms with Gasteiger partial charge in [0.1, 0.15) is 6.54 Å². The number of halogens is 1. The number of hydrogen-bond acceptors (Lipinski definition) is 4. The van der Waals surface area contributed by atoms with Crippen LogP contribution in [0, 0.1) is 6.92 Å². The van der Waals surface area contributed by atoms with Crippen LogP contribution in [0.2, 0.25) is 0 Å². The first-order valence-electron chi connectivity index (χ1n) is 5.34. The largest absolute Gasteiger partial charge is 0.465 e. The van der Waals surface area contributed by atoms with Gasteiger partial charge >= 0.3 is 5.97 Å². The maximum absolute atomic E-state index is 11.8. The zero-order valence-electron chi connectivity index (χ0n) is 10.4. The highest BCUT2D eigenvalue weighted by Gasteiger charge is 2.11. The maximum atomic E-state index is 11.8. The fraction of sp³-hybridized carbons (Fsp3) is 0.333. The lowest BCUT2D eigenvalue weighted by molar-refractivity contribution is -0.141. The number of nitrogens with two attached hydrogens (primary N) is 1. The third kappa shape index (κ3) is 4.63. The van der Waals surface area contributed by atoms with E-state index in [9.17, 15) is 9.59 Å². The molecule has 0 radical (unpaired) electrons. The van der Waals surface area contributed by atoms with Gasteiger partial charge in [0.25, 0.3) is 5.91 Å². The van der Waals surface area contributed by atoms with Crippen molar-refractivity contribution in [2.24, 2.45) is 0 Å². The van der Waals surface area contributed by atoms with E-state index in [4.69, 9.17) is 10.5 Å². The highest BCUT2D eigenvalue weighted by molar-refractivity contribution is 5.97. The number of benzene rings is 1. The quantitative estimate of drug-likeness (QED) is 0.639. The van der Waals surface area contributed by atoms with Gasteiger partial charge in [0.15, 0.2) is 0 Å². The number of hydrogen-bond donors (Lipinski definition) is 2. The molecule has 0 aliphatic rings. The lowest BCUT2D eigenvalue weighted by Crippen LogP contribution is -2.31. The van der Waals surface area contributed by atoms with Crippen LogP contribution in [0.25, 0.3) is 0 Å². The topological polar surface area (TPSA) is 81.4 Å². The molecule has 0 saturated heterocycles. The summed E-state index contributed by atoms with van der Waals surface area (Å²) in [5.74, 6) is -0.787. The van der Waals surface area contributed by atoms with Crippen molar-refractivity contribution in [3.05, 3.63) is 29.3 Å². The monoisotopic (exact) mass is 272 g/mol. The average Bonchev–Trinajstić information content (AvgIpc) is 2.29. The Kier molecular flexibility index (Phi) is 6.82. The summed E-state index contributed by atoms with van der Waals surface area (Å²) < 4.78 is 4.70. The van der Waals surface area contributed by atoms with E-state index in [0.29, 0.717) is 17.9 Å². The van der Waals surface area contributed by atoms with Crippen molar-refractivity contribution in [3.63, 3.8) is 0 Å². The Balaban J connectivity index is 0.00000289. The van der Waals surface area contributed by atoms with Crippen LogP contribution < -0.4 is 11.1 Å². The lowest BCUT2D eigenvalue weighted by atomic mass is 10.1. The predicted octanol–water partition coefficient (Wildman–Crippen LogP) is 1.29. The van der Waals surface area contributed by atoms with Crippen molar-refractivity contribution in [3.8, 4) is 0 Å². The molecule has 0 aromatic heterocycles. The number of ether oxygens (including phenoxy) is 1. The second-order valence-electron chi connectivity index (χ2n) is 3.56. The molecule has 0 heterocycles. The minimum atomic E-state index is -0.456. The molecule has 100 valence electrons. The molecule has 0 aliphatic heterocycles. The normalized spacial score (nSPS) is 9.22. The van der Waals surface area contributed by atoms with Gasteiger partial charge in [0.05, 0.1) is 6.61 Å². The molecule has 1 aromatic carbocycles. The number of esters is 1. The van der Waals surface area contributed by atoms with E-state index in [1.54, 1.807) is 32.0 Å². The molecular weight excluding hydrogens is 256 g/mol. The van der Waals surface area contributed by atoms with E-state index in [1.165, 1.54) is 0 Å². The first-order valence-corrected chi connectivity index (χ1v) is 5.34. The van der Waals surface area contributed by atoms with Crippen LogP contribution in [0.5, 0.6) is 0 Å². The zero-order chi connectivity index (χ0) is 12.8. The second kappa shape index (κ2) is 7.55. The molecule has 3 N–H and O–H groups in total. The molecule has 5 nitrogen and oxygen atoms in total. The first kappa shape index (κ1) is 16.2. The van der Waals surface area contributed by atoms with Gasteiger partial charge < -0.3 is 15.8 Å². The van der Waals surface area contributed by atoms with E-state index < -0.39 is 5.97 Å². The van der Waals surface area contributed by atoms with Gasteiger partial charge in [0.2, 0.25) is 0 Å². The standard InChI is InChI=1S/C12H16N2O3.ClH/c1-3-17-11(15)7-14-12(16)10-6-9(13)5-4-8(10)2;/h4-6H,3,7,13H2,1-2H3,(H,14,16);1H. The van der Waals surface area contributed by atoms with E-state index in [1.807, 2.05) is 0 Å². The minimum absolute atomic E-state index is 0. The molecule has 0 fully saturated rings. The SMILES string of the molecule is CCOC(=O)CNC(=O)c1cc(N)ccc1C.Cl. The summed E-state index contributed by atoms with van der Waals surface area (Å²) in [7, 11) is 0. The highest BCUT2D eigenvalue weighted by atomic mass is 35.5. The lowest BCUT2D eigenvalue weighted by Gasteiger charge is -2.08. The number of nitrogen functional groups attached to an aromatic ring is 1. The minimum Gasteiger partial charge on any atom is -0.465 e. The van der Waals surface area contributed by atoms with Crippen LogP contribution in [0.3, 0.4) is 0 Å². The molecule has 0 unspecified atom stereocenters. The average molecular weight is 273 g/mol. The van der Waals surface area contributed by atoms with Gasteiger partial charge in [-0.25, -0.2) is 0 Å². The molecule has 0 aliphatic carbocycles. The number of anilines is 1. The molecule has 0 spiro atoms. The van der Waals surface area contributed by atoms with Gasteiger partial charge in [-0.2, -0.15) is 0 Å². The molecule has 0 atom stereocenters. The molecule has 1 aromatic rings. The third-order valence-corrected chi connectivity index (χ3v) is 2.20. The number of amides is 1. The molecular formula is C12H17ClN2O3. The zero-order valence-corrected chi connectivity index (χ0v) is 11.2. The van der Waals surface area contributed by atoms with E-state index in [-0.39, 0.29) is 24.9 Å². The van der Waals surface area contributed by atoms with Crippen molar-refractivity contribution in [2.75, 3.05) is 18.9 Å². The molecule has 6 heteroatoms. The Labute approximate surface area is 112 Å². The third-order valence-electron chi connectivity index (χ3n) is 2.20. The summed E-state index contributed by atoms with van der Waals surface area (Å²) in [6, 6.07) is 5.06. The van der Waals surface area contributed by atoms with Gasteiger partial charge in [-0.15, -0.1) is 12.4 Å². The predicted molar refractivity (Wildman–Crippen MR) is 71.8 cm³/mol. The number of nitrogens with one attached hydrogen (secondary N) is 1. The summed E-state index contributed by atoms with van der Waals surface area (Å²) in [6.45, 7) is 3.67. The fourth-order valence-electron chi connectivity index (χ4n) is 1.34. The van der Waals surface area contributed by atoms with Crippen molar-refractivity contribution < 1.29 is 14.3 Å². The molecule has 1 rings (SSSR count). The maximum Gasteiger partial charge on any atom is 0.325 e. The van der Waals surface area contributed by atoms with Crippen LogP contribution in [0.15, 0.2) is 18.2 Å². The summed E-state index contributed by atoms with van der Waals surface area (Å²) in [6.07, 6.45) is 0. The summed E-state index contributed by atoms with van der Waals surface area (Å²) >= 11 is 0. The highest BCUT2D eigenvalue weighted by Crippen LogP contribution is 2.12. The number of rotatable bonds is 4. The van der Waals surface area contributed by atoms with Crippen LogP contribution in [0.4, 0.5) is 5.69 Å². The number of carbonyl (C=O) groups excluding carboxylic acids is 2. The van der Waals surface area contributed by atoms with Gasteiger partial charge in [-0.3, -0.25) is 9.59 Å². The van der Waals surface area contributed by atoms with E-state index in [2.05, 4.69) is 5.32 Å².